The van der Waals surface area contributed by atoms with Crippen LogP contribution < -0.4 is 5.73 Å². The molecule has 0 aromatic heterocycles. The van der Waals surface area contributed by atoms with Crippen LogP contribution in [0.1, 0.15) is 33.1 Å². The van der Waals surface area contributed by atoms with Crippen molar-refractivity contribution in [1.82, 2.24) is 4.90 Å². The number of hydrogen-bond acceptors (Lipinski definition) is 2. The number of hydrogen-bond donors (Lipinski definition) is 1. The fourth-order valence-corrected chi connectivity index (χ4v) is 2.04. The number of rotatable bonds is 3. The van der Waals surface area contributed by atoms with E-state index < -0.39 is 0 Å². The number of piperidine rings is 1. The van der Waals surface area contributed by atoms with Crippen molar-refractivity contribution in [3.05, 3.63) is 0 Å². The molecule has 0 aromatic rings. The van der Waals surface area contributed by atoms with Gasteiger partial charge >= 0.3 is 0 Å². The quantitative estimate of drug-likeness (QED) is 0.710. The summed E-state index contributed by atoms with van der Waals surface area (Å²) in [6.45, 7) is 6.48. The molecule has 1 rings (SSSR count). The van der Waals surface area contributed by atoms with Crippen LogP contribution >= 0.6 is 0 Å². The lowest BCUT2D eigenvalue weighted by Crippen LogP contribution is -2.41. The van der Waals surface area contributed by atoms with E-state index in [0.717, 1.165) is 19.0 Å². The Kier molecular flexibility index (Phi) is 3.72. The minimum Gasteiger partial charge on any atom is -0.370 e. The van der Waals surface area contributed by atoms with Crippen molar-refractivity contribution < 1.29 is 4.79 Å². The molecule has 0 aliphatic carbocycles. The molecule has 2 unspecified atom stereocenters. The number of amides is 1. The summed E-state index contributed by atoms with van der Waals surface area (Å²) in [6, 6.07) is 0.614. The highest BCUT2D eigenvalue weighted by molar-refractivity contribution is 5.73. The number of carbonyl (C=O) groups excluding carboxylic acids is 1. The van der Waals surface area contributed by atoms with Crippen LogP contribution in [0, 0.1) is 5.92 Å². The van der Waals surface area contributed by atoms with Gasteiger partial charge in [-0.3, -0.25) is 4.79 Å². The molecule has 0 radical (unpaired) electrons. The van der Waals surface area contributed by atoms with Gasteiger partial charge in [0.1, 0.15) is 0 Å². The van der Waals surface area contributed by atoms with Crippen LogP contribution in [0.25, 0.3) is 0 Å². The third-order valence-corrected chi connectivity index (χ3v) is 2.92. The third-order valence-electron chi connectivity index (χ3n) is 2.92. The van der Waals surface area contributed by atoms with E-state index in [1.807, 2.05) is 0 Å². The maximum absolute atomic E-state index is 10.6. The van der Waals surface area contributed by atoms with Crippen LogP contribution in [0.4, 0.5) is 0 Å². The van der Waals surface area contributed by atoms with Crippen LogP contribution in [-0.4, -0.2) is 29.9 Å². The van der Waals surface area contributed by atoms with Crippen LogP contribution in [0.15, 0.2) is 0 Å². The van der Waals surface area contributed by atoms with Crippen LogP contribution in [0.3, 0.4) is 0 Å². The molecule has 0 bridgehead atoms. The Bertz CT molecular complexity index is 182. The fourth-order valence-electron chi connectivity index (χ4n) is 2.04. The van der Waals surface area contributed by atoms with Gasteiger partial charge in [-0.1, -0.05) is 6.92 Å². The lowest BCUT2D eigenvalue weighted by Gasteiger charge is -2.36. The molecule has 1 amide bonds. The first kappa shape index (κ1) is 10.5. The first-order chi connectivity index (χ1) is 6.09. The molecule has 0 spiro atoms. The number of nitrogens with zero attached hydrogens (tertiary/aromatic N) is 1. The van der Waals surface area contributed by atoms with Gasteiger partial charge in [-0.2, -0.15) is 0 Å². The van der Waals surface area contributed by atoms with Gasteiger partial charge in [-0.05, 0) is 32.2 Å². The predicted octanol–water partition coefficient (Wildman–Crippen LogP) is 0.982. The minimum absolute atomic E-state index is 0.189. The molecule has 0 aromatic carbocycles. The standard InChI is InChI=1S/C10H20N2O/c1-8-3-5-12(9(2)7-8)6-4-10(11)13/h8-9H,3-7H2,1-2H3,(H2,11,13). The first-order valence-electron chi connectivity index (χ1n) is 5.12. The molecule has 1 saturated heterocycles. The summed E-state index contributed by atoms with van der Waals surface area (Å²) >= 11 is 0. The van der Waals surface area contributed by atoms with E-state index in [-0.39, 0.29) is 5.91 Å². The summed E-state index contributed by atoms with van der Waals surface area (Å²) in [5, 5.41) is 0. The molecule has 3 nitrogen and oxygen atoms in total. The van der Waals surface area contributed by atoms with Crippen molar-refractivity contribution in [2.24, 2.45) is 11.7 Å². The lowest BCUT2D eigenvalue weighted by molar-refractivity contribution is -0.118. The molecular weight excluding hydrogens is 164 g/mol. The van der Waals surface area contributed by atoms with Crippen LogP contribution in [0.5, 0.6) is 0 Å². The predicted molar refractivity (Wildman–Crippen MR) is 53.2 cm³/mol. The molecule has 1 heterocycles. The largest absolute Gasteiger partial charge is 0.370 e. The van der Waals surface area contributed by atoms with E-state index in [0.29, 0.717) is 12.5 Å². The molecule has 1 aliphatic heterocycles. The lowest BCUT2D eigenvalue weighted by atomic mass is 9.93. The summed E-state index contributed by atoms with van der Waals surface area (Å²) in [7, 11) is 0. The smallest absolute Gasteiger partial charge is 0.218 e. The number of nitrogens with two attached hydrogens (primary N) is 1. The van der Waals surface area contributed by atoms with Crippen LogP contribution in [-0.2, 0) is 4.79 Å². The van der Waals surface area contributed by atoms with E-state index in [4.69, 9.17) is 5.73 Å². The van der Waals surface area contributed by atoms with Gasteiger partial charge in [0.05, 0.1) is 0 Å². The van der Waals surface area contributed by atoms with Crippen molar-refractivity contribution in [3.63, 3.8) is 0 Å². The van der Waals surface area contributed by atoms with Crippen molar-refractivity contribution >= 4 is 5.91 Å². The van der Waals surface area contributed by atoms with E-state index in [1.165, 1.54) is 12.8 Å². The van der Waals surface area contributed by atoms with Crippen molar-refractivity contribution in [2.75, 3.05) is 13.1 Å². The Morgan fingerprint density at radius 2 is 2.23 bits per heavy atom. The summed E-state index contributed by atoms with van der Waals surface area (Å²) in [4.78, 5) is 13.0. The van der Waals surface area contributed by atoms with Gasteiger partial charge in [-0.15, -0.1) is 0 Å². The zero-order valence-corrected chi connectivity index (χ0v) is 8.62. The van der Waals surface area contributed by atoms with Crippen molar-refractivity contribution in [3.8, 4) is 0 Å². The highest BCUT2D eigenvalue weighted by Crippen LogP contribution is 2.21. The second-order valence-corrected chi connectivity index (χ2v) is 4.23. The molecule has 3 heteroatoms. The average Bonchev–Trinajstić information content (AvgIpc) is 2.02. The molecule has 0 saturated carbocycles. The van der Waals surface area contributed by atoms with E-state index >= 15 is 0 Å². The maximum atomic E-state index is 10.6. The Balaban J connectivity index is 2.29. The Morgan fingerprint density at radius 3 is 2.77 bits per heavy atom. The van der Waals surface area contributed by atoms with Crippen molar-refractivity contribution in [2.45, 2.75) is 39.2 Å². The van der Waals surface area contributed by atoms with Gasteiger partial charge in [-0.25, -0.2) is 0 Å². The first-order valence-corrected chi connectivity index (χ1v) is 5.12. The number of likely N-dealkylation sites (tertiary alicyclic amines) is 1. The third kappa shape index (κ3) is 3.35. The number of carbonyl (C=O) groups is 1. The summed E-state index contributed by atoms with van der Waals surface area (Å²) in [5.74, 6) is 0.644. The van der Waals surface area contributed by atoms with Crippen LogP contribution in [0.2, 0.25) is 0 Å². The van der Waals surface area contributed by atoms with E-state index in [9.17, 15) is 4.79 Å². The second kappa shape index (κ2) is 4.61. The highest BCUT2D eigenvalue weighted by atomic mass is 16.1. The second-order valence-electron chi connectivity index (χ2n) is 4.23. The van der Waals surface area contributed by atoms with Gasteiger partial charge < -0.3 is 10.6 Å². The molecule has 1 aliphatic rings. The molecular formula is C10H20N2O. The highest BCUT2D eigenvalue weighted by Gasteiger charge is 2.22. The van der Waals surface area contributed by atoms with Gasteiger partial charge in [0.2, 0.25) is 5.91 Å². The normalized spacial score (nSPS) is 30.3. The zero-order valence-electron chi connectivity index (χ0n) is 8.62. The topological polar surface area (TPSA) is 46.3 Å². The number of primary amides is 1. The summed E-state index contributed by atoms with van der Waals surface area (Å²) in [5.41, 5.74) is 5.12. The molecule has 2 atom stereocenters. The van der Waals surface area contributed by atoms with Crippen molar-refractivity contribution in [1.29, 1.82) is 0 Å². The Morgan fingerprint density at radius 1 is 1.54 bits per heavy atom. The zero-order chi connectivity index (χ0) is 9.84. The monoisotopic (exact) mass is 184 g/mol. The summed E-state index contributed by atoms with van der Waals surface area (Å²) < 4.78 is 0. The molecule has 2 N–H and O–H groups in total. The SMILES string of the molecule is CC1CCN(CCC(N)=O)C(C)C1. The molecule has 76 valence electrons. The summed E-state index contributed by atoms with van der Waals surface area (Å²) in [6.07, 6.45) is 3.00. The fraction of sp³-hybridized carbons (Fsp3) is 0.900. The Hall–Kier alpha value is -0.570. The minimum atomic E-state index is -0.189. The van der Waals surface area contributed by atoms with Gasteiger partial charge in [0.15, 0.2) is 0 Å². The van der Waals surface area contributed by atoms with Gasteiger partial charge in [0.25, 0.3) is 0 Å². The molecule has 13 heavy (non-hydrogen) atoms. The van der Waals surface area contributed by atoms with Gasteiger partial charge in [0, 0.05) is 19.0 Å². The maximum Gasteiger partial charge on any atom is 0.218 e. The Labute approximate surface area is 80.3 Å². The average molecular weight is 184 g/mol. The van der Waals surface area contributed by atoms with E-state index in [2.05, 4.69) is 18.7 Å². The molecule has 1 fully saturated rings. The van der Waals surface area contributed by atoms with E-state index in [1.54, 1.807) is 0 Å².